The molecule has 5 nitrogen and oxygen atoms in total. The second-order valence-electron chi connectivity index (χ2n) is 7.33. The number of phenolic OH excluding ortho intramolecular Hbond substituents is 2. The zero-order chi connectivity index (χ0) is 22.7. The molecule has 5 N–H and O–H groups in total. The Labute approximate surface area is 184 Å². The third kappa shape index (κ3) is 6.94. The lowest BCUT2D eigenvalue weighted by molar-refractivity contribution is 0.239. The van der Waals surface area contributed by atoms with Gasteiger partial charge >= 0.3 is 0 Å². The third-order valence-corrected chi connectivity index (χ3v) is 4.76. The fourth-order valence-electron chi connectivity index (χ4n) is 2.86. The van der Waals surface area contributed by atoms with Crippen LogP contribution in [0.1, 0.15) is 30.5 Å². The van der Waals surface area contributed by atoms with Crippen LogP contribution < -0.4 is 16.1 Å². The average molecular weight is 419 g/mol. The van der Waals surface area contributed by atoms with Crippen LogP contribution in [0.2, 0.25) is 0 Å². The van der Waals surface area contributed by atoms with Gasteiger partial charge < -0.3 is 20.8 Å². The Bertz CT molecular complexity index is 931. The molecule has 3 aromatic rings. The standard InChI is InChI=1S/C15H16O2.C8H7NO.C3H7N/c1-15(2,11-3-7-13(16)8-4-11)12-5-9-14(17)10-6-12;1-2-4-8-7(3-1)5-6-9-10-8;1-2-3-4/h3-10,16-17H,1-2H3;1-6,9H;2H,1,3-4H2. The average Bonchev–Trinajstić information content (AvgIpc) is 2.80. The molecule has 0 spiro atoms. The lowest BCUT2D eigenvalue weighted by Gasteiger charge is -2.26. The fraction of sp³-hybridized carbons (Fsp3) is 0.154. The van der Waals surface area contributed by atoms with E-state index in [1.807, 2.05) is 54.6 Å². The molecule has 0 atom stereocenters. The van der Waals surface area contributed by atoms with Crippen molar-refractivity contribution in [3.63, 3.8) is 0 Å². The van der Waals surface area contributed by atoms with Gasteiger partial charge in [-0.25, -0.2) is 5.48 Å². The summed E-state index contributed by atoms with van der Waals surface area (Å²) in [6.45, 7) is 8.17. The van der Waals surface area contributed by atoms with Crippen LogP contribution in [0.5, 0.6) is 17.2 Å². The Morgan fingerprint density at radius 1 is 0.903 bits per heavy atom. The Balaban J connectivity index is 0.000000205. The van der Waals surface area contributed by atoms with Gasteiger partial charge in [-0.1, -0.05) is 62.4 Å². The summed E-state index contributed by atoms with van der Waals surface area (Å²) in [4.78, 5) is 5.09. The Hall–Kier alpha value is -3.70. The quantitative estimate of drug-likeness (QED) is 0.444. The summed E-state index contributed by atoms with van der Waals surface area (Å²) in [5, 5.41) is 18.6. The third-order valence-electron chi connectivity index (χ3n) is 4.76. The van der Waals surface area contributed by atoms with Gasteiger partial charge in [0.25, 0.3) is 0 Å². The van der Waals surface area contributed by atoms with E-state index >= 15 is 0 Å². The molecule has 0 fully saturated rings. The van der Waals surface area contributed by atoms with E-state index in [2.05, 4.69) is 25.9 Å². The van der Waals surface area contributed by atoms with E-state index in [0.717, 1.165) is 22.4 Å². The van der Waals surface area contributed by atoms with Crippen molar-refractivity contribution in [2.45, 2.75) is 19.3 Å². The summed E-state index contributed by atoms with van der Waals surface area (Å²) in [5.74, 6) is 1.43. The molecule has 0 aliphatic carbocycles. The summed E-state index contributed by atoms with van der Waals surface area (Å²) in [6.07, 6.45) is 5.39. The molecule has 0 amide bonds. The van der Waals surface area contributed by atoms with Crippen LogP contribution in [-0.4, -0.2) is 16.8 Å². The predicted octanol–water partition coefficient (Wildman–Crippen LogP) is 5.11. The molecular weight excluding hydrogens is 388 g/mol. The number of rotatable bonds is 3. The van der Waals surface area contributed by atoms with Crippen LogP contribution in [-0.2, 0) is 5.41 Å². The van der Waals surface area contributed by atoms with Crippen molar-refractivity contribution in [2.75, 3.05) is 6.54 Å². The molecule has 0 aromatic heterocycles. The maximum Gasteiger partial charge on any atom is 0.162 e. The number of phenols is 2. The van der Waals surface area contributed by atoms with Crippen molar-refractivity contribution in [3.05, 3.63) is 108 Å². The van der Waals surface area contributed by atoms with Crippen molar-refractivity contribution in [1.29, 1.82) is 0 Å². The van der Waals surface area contributed by atoms with Crippen LogP contribution in [0, 0.1) is 0 Å². The normalized spacial score (nSPS) is 11.3. The van der Waals surface area contributed by atoms with E-state index in [-0.39, 0.29) is 16.9 Å². The highest BCUT2D eigenvalue weighted by atomic mass is 16.6. The van der Waals surface area contributed by atoms with Crippen molar-refractivity contribution in [3.8, 4) is 17.2 Å². The van der Waals surface area contributed by atoms with Crippen LogP contribution in [0.25, 0.3) is 6.08 Å². The first kappa shape index (κ1) is 23.6. The molecule has 5 heteroatoms. The minimum Gasteiger partial charge on any atom is -0.508 e. The van der Waals surface area contributed by atoms with E-state index in [9.17, 15) is 10.2 Å². The van der Waals surface area contributed by atoms with Gasteiger partial charge in [-0.2, -0.15) is 0 Å². The van der Waals surface area contributed by atoms with Gasteiger partial charge in [0.05, 0.1) is 0 Å². The highest BCUT2D eigenvalue weighted by Gasteiger charge is 2.22. The second-order valence-corrected chi connectivity index (χ2v) is 7.33. The first-order valence-corrected chi connectivity index (χ1v) is 9.96. The minimum atomic E-state index is -0.151. The molecular formula is C26H30N2O3. The Morgan fingerprint density at radius 2 is 1.39 bits per heavy atom. The van der Waals surface area contributed by atoms with Crippen LogP contribution in [0.4, 0.5) is 0 Å². The van der Waals surface area contributed by atoms with E-state index in [0.29, 0.717) is 6.54 Å². The van der Waals surface area contributed by atoms with Gasteiger partial charge in [-0.15, -0.1) is 6.58 Å². The molecule has 3 aromatic carbocycles. The van der Waals surface area contributed by atoms with Crippen LogP contribution in [0.3, 0.4) is 0 Å². The maximum absolute atomic E-state index is 9.30. The van der Waals surface area contributed by atoms with Gasteiger partial charge in [0.2, 0.25) is 0 Å². The van der Waals surface area contributed by atoms with Gasteiger partial charge in [-0.05, 0) is 47.5 Å². The van der Waals surface area contributed by atoms with Gasteiger partial charge in [-0.3, -0.25) is 0 Å². The monoisotopic (exact) mass is 418 g/mol. The molecule has 0 saturated heterocycles. The van der Waals surface area contributed by atoms with E-state index in [1.165, 1.54) is 0 Å². The highest BCUT2D eigenvalue weighted by Crippen LogP contribution is 2.32. The van der Waals surface area contributed by atoms with Crippen molar-refractivity contribution >= 4 is 6.08 Å². The maximum atomic E-state index is 9.30. The smallest absolute Gasteiger partial charge is 0.162 e. The fourth-order valence-corrected chi connectivity index (χ4v) is 2.86. The van der Waals surface area contributed by atoms with Gasteiger partial charge in [0, 0.05) is 23.7 Å². The number of nitrogens with one attached hydrogen (secondary N) is 1. The van der Waals surface area contributed by atoms with Gasteiger partial charge in [0.15, 0.2) is 5.75 Å². The highest BCUT2D eigenvalue weighted by molar-refractivity contribution is 5.58. The van der Waals surface area contributed by atoms with Crippen molar-refractivity contribution < 1.29 is 15.1 Å². The van der Waals surface area contributed by atoms with Crippen LogP contribution >= 0.6 is 0 Å². The Morgan fingerprint density at radius 3 is 1.84 bits per heavy atom. The summed E-state index contributed by atoms with van der Waals surface area (Å²) in [5.41, 5.74) is 10.8. The largest absolute Gasteiger partial charge is 0.508 e. The second kappa shape index (κ2) is 11.5. The zero-order valence-corrected chi connectivity index (χ0v) is 18.0. The molecule has 1 heterocycles. The van der Waals surface area contributed by atoms with E-state index < -0.39 is 0 Å². The molecule has 31 heavy (non-hydrogen) atoms. The SMILES string of the molecule is C1=Cc2ccccc2ON1.C=CCN.CC(C)(c1ccc(O)cc1)c1ccc(O)cc1. The number of nitrogens with two attached hydrogens (primary N) is 1. The van der Waals surface area contributed by atoms with Crippen molar-refractivity contribution in [2.24, 2.45) is 5.73 Å². The summed E-state index contributed by atoms with van der Waals surface area (Å²) < 4.78 is 0. The molecule has 1 aliphatic rings. The lowest BCUT2D eigenvalue weighted by Crippen LogP contribution is -2.18. The molecule has 0 saturated carbocycles. The number of benzene rings is 3. The van der Waals surface area contributed by atoms with Gasteiger partial charge in [0.1, 0.15) is 11.5 Å². The molecule has 0 radical (unpaired) electrons. The molecule has 0 unspecified atom stereocenters. The minimum absolute atomic E-state index is 0.151. The lowest BCUT2D eigenvalue weighted by atomic mass is 9.78. The molecule has 162 valence electrons. The number of hydrogen-bond acceptors (Lipinski definition) is 5. The Kier molecular flexibility index (Phi) is 8.73. The summed E-state index contributed by atoms with van der Waals surface area (Å²) >= 11 is 0. The van der Waals surface area contributed by atoms with Crippen molar-refractivity contribution in [1.82, 2.24) is 5.48 Å². The van der Waals surface area contributed by atoms with E-state index in [4.69, 9.17) is 10.6 Å². The number of fused-ring (bicyclic) bond motifs is 1. The molecule has 0 bridgehead atoms. The van der Waals surface area contributed by atoms with Crippen LogP contribution in [0.15, 0.2) is 91.7 Å². The number of para-hydroxylation sites is 1. The number of hydroxylamine groups is 1. The first-order valence-electron chi connectivity index (χ1n) is 9.96. The number of aromatic hydroxyl groups is 2. The molecule has 4 rings (SSSR count). The topological polar surface area (TPSA) is 87.7 Å². The summed E-state index contributed by atoms with van der Waals surface area (Å²) in [7, 11) is 0. The molecule has 1 aliphatic heterocycles. The number of hydrogen-bond donors (Lipinski definition) is 4. The first-order chi connectivity index (χ1) is 14.9. The van der Waals surface area contributed by atoms with E-state index in [1.54, 1.807) is 36.5 Å². The summed E-state index contributed by atoms with van der Waals surface area (Å²) in [6, 6.07) is 22.3. The zero-order valence-electron chi connectivity index (χ0n) is 18.0. The predicted molar refractivity (Wildman–Crippen MR) is 127 cm³/mol.